The molecule has 4 heterocycles. The van der Waals surface area contributed by atoms with Crippen LogP contribution in [0.4, 0.5) is 0 Å². The fourth-order valence-electron chi connectivity index (χ4n) is 12.3. The van der Waals surface area contributed by atoms with Crippen LogP contribution >= 0.6 is 0 Å². The van der Waals surface area contributed by atoms with Crippen LogP contribution in [-0.2, 0) is 21.7 Å². The third kappa shape index (κ3) is 9.35. The Morgan fingerprint density at radius 1 is 0.446 bits per heavy atom. The Morgan fingerprint density at radius 3 is 1.67 bits per heavy atom. The standard InChI is InChI=1S/C78H74N4O/c1-48-23-21-24-49(2)72(48)52-40-65-61-29-17-15-27-59(61)60-28-16-18-30-62(60)66-39-51(50-37-54(76(6,7)8)43-55(38-50)77(9,10)11)42-70-74(66)81(73(65)67(41-52)78(12,13)14)47-80(70)56-25-22-26-57(45-56)83-58-33-34-64-63-31-19-20-32-68(63)82(69(64)46-58)71-44-53(35-36-79-71)75(3,4)5/h15-46H,1-14H3/i1D3,2D3. The zero-order chi connectivity index (χ0) is 63.1. The summed E-state index contributed by atoms with van der Waals surface area (Å²) < 4.78 is 66.7. The Bertz CT molecular complexity index is 4770. The minimum Gasteiger partial charge on any atom is -0.458 e. The van der Waals surface area contributed by atoms with Gasteiger partial charge in [-0.25, -0.2) is 4.98 Å². The van der Waals surface area contributed by atoms with E-state index in [9.17, 15) is 0 Å². The maximum atomic E-state index is 8.85. The van der Waals surface area contributed by atoms with Crippen molar-refractivity contribution in [3.05, 3.63) is 234 Å². The van der Waals surface area contributed by atoms with Crippen molar-refractivity contribution < 1.29 is 17.5 Å². The maximum Gasteiger partial charge on any atom is 0.269 e. The molecule has 9 aromatic carbocycles. The van der Waals surface area contributed by atoms with Crippen LogP contribution in [0.1, 0.15) is 125 Å². The van der Waals surface area contributed by atoms with E-state index >= 15 is 0 Å². The second-order valence-electron chi connectivity index (χ2n) is 26.7. The van der Waals surface area contributed by atoms with E-state index in [4.69, 9.17) is 17.9 Å². The first-order valence-electron chi connectivity index (χ1n) is 31.9. The molecule has 3 aromatic heterocycles. The highest BCUT2D eigenvalue weighted by atomic mass is 16.5. The quantitative estimate of drug-likeness (QED) is 0.123. The van der Waals surface area contributed by atoms with Gasteiger partial charge in [-0.1, -0.05) is 204 Å². The third-order valence-electron chi connectivity index (χ3n) is 16.8. The van der Waals surface area contributed by atoms with Crippen molar-refractivity contribution in [2.75, 3.05) is 0 Å². The van der Waals surface area contributed by atoms with E-state index in [1.54, 1.807) is 18.2 Å². The molecule has 412 valence electrons. The summed E-state index contributed by atoms with van der Waals surface area (Å²) in [5.41, 5.74) is 17.5. The lowest BCUT2D eigenvalue weighted by atomic mass is 9.78. The summed E-state index contributed by atoms with van der Waals surface area (Å²) in [6.07, 6.45) is 5.91. The van der Waals surface area contributed by atoms with Crippen LogP contribution in [0.2, 0.25) is 0 Å². The number of rotatable bonds is 6. The molecule has 12 aromatic rings. The second-order valence-corrected chi connectivity index (χ2v) is 26.7. The number of aryl methyl sites for hydroxylation is 2. The van der Waals surface area contributed by atoms with Crippen molar-refractivity contribution in [1.82, 2.24) is 14.1 Å². The lowest BCUT2D eigenvalue weighted by Crippen LogP contribution is -2.35. The van der Waals surface area contributed by atoms with Crippen molar-refractivity contribution in [1.29, 1.82) is 0 Å². The van der Waals surface area contributed by atoms with Gasteiger partial charge < -0.3 is 4.74 Å². The minimum absolute atomic E-state index is 0.0179. The van der Waals surface area contributed by atoms with Crippen molar-refractivity contribution in [2.24, 2.45) is 0 Å². The topological polar surface area (TPSA) is 35.9 Å². The number of fused-ring (bicyclic) bond motifs is 10. The SMILES string of the molecule is [2H]C([2H])([2H])c1cccc(C([2H])([2H])[2H])c1-c1cc2c(c(C(C)(C)C)c1)-[n+]1[c-]n(-c3cccc(Oc4ccc5c6ccccc6n(-c6cc(C(C)(C)C)ccn6)c5c4)c3)c3cc(-c4cc(C(C)(C)C)cc(C(C)(C)C)c4)cc(c31)-c1ccccc1-c1ccccc1-2. The molecule has 0 fully saturated rings. The van der Waals surface area contributed by atoms with Gasteiger partial charge >= 0.3 is 0 Å². The van der Waals surface area contributed by atoms with Gasteiger partial charge in [0, 0.05) is 31.3 Å². The molecule has 0 saturated carbocycles. The molecule has 1 aliphatic rings. The van der Waals surface area contributed by atoms with E-state index in [-0.39, 0.29) is 32.9 Å². The van der Waals surface area contributed by atoms with E-state index in [0.717, 1.165) is 100 Å². The van der Waals surface area contributed by atoms with Crippen LogP contribution in [0.5, 0.6) is 11.5 Å². The van der Waals surface area contributed by atoms with Crippen LogP contribution < -0.4 is 9.30 Å². The van der Waals surface area contributed by atoms with Gasteiger partial charge in [0.05, 0.1) is 33.4 Å². The van der Waals surface area contributed by atoms with E-state index < -0.39 is 19.1 Å². The van der Waals surface area contributed by atoms with Gasteiger partial charge in [-0.05, 0) is 185 Å². The first-order chi connectivity index (χ1) is 41.9. The molecule has 0 spiro atoms. The molecule has 5 nitrogen and oxygen atoms in total. The van der Waals surface area contributed by atoms with Crippen LogP contribution in [0, 0.1) is 20.0 Å². The van der Waals surface area contributed by atoms with Crippen LogP contribution in [0.3, 0.4) is 0 Å². The van der Waals surface area contributed by atoms with Crippen molar-refractivity contribution in [3.8, 4) is 84.3 Å². The predicted octanol–water partition coefficient (Wildman–Crippen LogP) is 20.4. The average Bonchev–Trinajstić information content (AvgIpc) is 1.63. The summed E-state index contributed by atoms with van der Waals surface area (Å²) in [6.45, 7) is 21.5. The summed E-state index contributed by atoms with van der Waals surface area (Å²) in [4.78, 5) is 4.94. The summed E-state index contributed by atoms with van der Waals surface area (Å²) in [5.74, 6) is 2.13. The van der Waals surface area contributed by atoms with Gasteiger partial charge in [0.1, 0.15) is 17.3 Å². The first-order valence-corrected chi connectivity index (χ1v) is 28.9. The van der Waals surface area contributed by atoms with E-state index in [2.05, 4.69) is 237 Å². The number of para-hydroxylation sites is 1. The minimum atomic E-state index is -2.62. The largest absolute Gasteiger partial charge is 0.458 e. The summed E-state index contributed by atoms with van der Waals surface area (Å²) in [6, 6.07) is 64.6. The number of aromatic nitrogens is 4. The number of imidazole rings is 1. The number of ether oxygens (including phenoxy) is 1. The lowest BCUT2D eigenvalue weighted by molar-refractivity contribution is -0.572. The zero-order valence-electron chi connectivity index (χ0n) is 55.7. The molecule has 0 aliphatic carbocycles. The molecule has 83 heavy (non-hydrogen) atoms. The monoisotopic (exact) mass is 1090 g/mol. The summed E-state index contributed by atoms with van der Waals surface area (Å²) in [7, 11) is 0. The third-order valence-corrected chi connectivity index (χ3v) is 16.8. The Balaban J connectivity index is 1.11. The molecule has 0 saturated heterocycles. The second kappa shape index (κ2) is 19.4. The van der Waals surface area contributed by atoms with Gasteiger partial charge in [0.2, 0.25) is 0 Å². The molecule has 0 radical (unpaired) electrons. The Kier molecular flexibility index (Phi) is 10.9. The lowest BCUT2D eigenvalue weighted by Gasteiger charge is -2.28. The van der Waals surface area contributed by atoms with Crippen LogP contribution in [0.25, 0.3) is 106 Å². The van der Waals surface area contributed by atoms with Crippen LogP contribution in [-0.4, -0.2) is 14.1 Å². The molecule has 0 bridgehead atoms. The molecular weight excluding hydrogens is 1010 g/mol. The zero-order valence-corrected chi connectivity index (χ0v) is 49.7. The van der Waals surface area contributed by atoms with Crippen molar-refractivity contribution >= 4 is 32.8 Å². The molecule has 1 aliphatic heterocycles. The normalized spacial score (nSPS) is 14.1. The number of hydrogen-bond donors (Lipinski definition) is 0. The molecule has 0 amide bonds. The molecule has 0 N–H and O–H groups in total. The van der Waals surface area contributed by atoms with Gasteiger partial charge in [-0.3, -0.25) is 13.7 Å². The highest BCUT2D eigenvalue weighted by molar-refractivity contribution is 6.09. The fourth-order valence-corrected chi connectivity index (χ4v) is 12.3. The van der Waals surface area contributed by atoms with Crippen LogP contribution in [0.15, 0.2) is 194 Å². The van der Waals surface area contributed by atoms with Gasteiger partial charge in [-0.15, -0.1) is 0 Å². The molecule has 0 unspecified atom stereocenters. The summed E-state index contributed by atoms with van der Waals surface area (Å²) >= 11 is 0. The number of hydrogen-bond acceptors (Lipinski definition) is 2. The highest BCUT2D eigenvalue weighted by Gasteiger charge is 2.32. The highest BCUT2D eigenvalue weighted by Crippen LogP contribution is 2.49. The van der Waals surface area contributed by atoms with E-state index in [0.29, 0.717) is 17.1 Å². The van der Waals surface area contributed by atoms with Gasteiger partial charge in [0.15, 0.2) is 0 Å². The van der Waals surface area contributed by atoms with Gasteiger partial charge in [-0.2, -0.15) is 0 Å². The molecule has 5 heteroatoms. The predicted molar refractivity (Wildman–Crippen MR) is 347 cm³/mol. The molecule has 0 atom stereocenters. The van der Waals surface area contributed by atoms with E-state index in [1.165, 1.54) is 16.7 Å². The van der Waals surface area contributed by atoms with Crippen molar-refractivity contribution in [3.63, 3.8) is 0 Å². The smallest absolute Gasteiger partial charge is 0.269 e. The Labute approximate surface area is 499 Å². The maximum absolute atomic E-state index is 8.85. The Morgan fingerprint density at radius 2 is 1.02 bits per heavy atom. The average molecular weight is 1090 g/mol. The van der Waals surface area contributed by atoms with Gasteiger partial charge in [0.25, 0.3) is 6.33 Å². The first kappa shape index (κ1) is 46.8. The molecular formula is C78H74N4O. The van der Waals surface area contributed by atoms with E-state index in [1.807, 2.05) is 42.6 Å². The van der Waals surface area contributed by atoms with Crippen molar-refractivity contribution in [2.45, 2.75) is 118 Å². The fraction of sp³-hybridized carbons (Fsp3) is 0.231. The number of benzene rings is 9. The molecule has 13 rings (SSSR count). The number of nitrogens with zero attached hydrogens (tertiary/aromatic N) is 4. The number of pyridine rings is 1. The summed E-state index contributed by atoms with van der Waals surface area (Å²) in [5, 5.41) is 2.22. The Hall–Kier alpha value is -8.80.